The fraction of sp³-hybridized carbons (Fsp3) is 0.350. The van der Waals surface area contributed by atoms with Crippen molar-refractivity contribution < 1.29 is 14.8 Å². The lowest BCUT2D eigenvalue weighted by atomic mass is 9.87. The minimum absolute atomic E-state index is 0.0854. The van der Waals surface area contributed by atoms with Crippen molar-refractivity contribution in [2.24, 2.45) is 11.7 Å². The monoisotopic (exact) mass is 369 g/mol. The molecule has 1 saturated heterocycles. The highest BCUT2D eigenvalue weighted by Gasteiger charge is 2.27. The summed E-state index contributed by atoms with van der Waals surface area (Å²) in [6.07, 6.45) is 1.16. The Kier molecular flexibility index (Phi) is 5.83. The molecule has 0 bridgehead atoms. The quantitative estimate of drug-likeness (QED) is 0.601. The number of rotatable bonds is 6. The first-order valence-electron chi connectivity index (χ1n) is 8.98. The molecule has 3 rings (SSSR count). The van der Waals surface area contributed by atoms with Gasteiger partial charge < -0.3 is 10.8 Å². The average Bonchev–Trinajstić information content (AvgIpc) is 2.68. The largest absolute Gasteiger partial charge is 0.388 e. The molecule has 1 atom stereocenters. The van der Waals surface area contributed by atoms with Gasteiger partial charge in [0, 0.05) is 23.7 Å². The number of nitrogens with zero attached hydrogens (tertiary/aromatic N) is 2. The van der Waals surface area contributed by atoms with Crippen LogP contribution < -0.4 is 5.73 Å². The summed E-state index contributed by atoms with van der Waals surface area (Å²) in [5.41, 5.74) is 6.75. The number of hydrogen-bond acceptors (Lipinski definition) is 5. The molecular weight excluding hydrogens is 346 g/mol. The predicted molar refractivity (Wildman–Crippen MR) is 101 cm³/mol. The fourth-order valence-electron chi connectivity index (χ4n) is 3.61. The molecule has 0 aliphatic carbocycles. The van der Waals surface area contributed by atoms with Crippen LogP contribution in [0.2, 0.25) is 0 Å². The van der Waals surface area contributed by atoms with Crippen molar-refractivity contribution in [1.82, 2.24) is 4.90 Å². The van der Waals surface area contributed by atoms with E-state index < -0.39 is 16.9 Å². The normalized spacial score (nSPS) is 16.8. The first kappa shape index (κ1) is 19.0. The van der Waals surface area contributed by atoms with Crippen LogP contribution in [0.25, 0.3) is 0 Å². The van der Waals surface area contributed by atoms with Crippen LogP contribution in [0.4, 0.5) is 5.69 Å². The summed E-state index contributed by atoms with van der Waals surface area (Å²) >= 11 is 0. The standard InChI is InChI=1S/C20H23N3O4/c21-20(25)16-6-7-17(18(12-16)23(26)27)13-22-10-8-15(9-11-22)19(24)14-4-2-1-3-5-14/h1-7,12,15,19,24H,8-11,13H2,(H2,21,25). The second-order valence-corrected chi connectivity index (χ2v) is 6.93. The molecule has 7 heteroatoms. The molecule has 1 unspecified atom stereocenters. The van der Waals surface area contributed by atoms with E-state index >= 15 is 0 Å². The molecule has 7 nitrogen and oxygen atoms in total. The molecule has 0 saturated carbocycles. The number of aliphatic hydroxyl groups is 1. The second kappa shape index (κ2) is 8.28. The minimum Gasteiger partial charge on any atom is -0.388 e. The molecule has 142 valence electrons. The molecule has 3 N–H and O–H groups in total. The number of nitro groups is 1. The number of carbonyl (C=O) groups excluding carboxylic acids is 1. The van der Waals surface area contributed by atoms with Crippen LogP contribution in [0.1, 0.15) is 40.4 Å². The van der Waals surface area contributed by atoms with Crippen LogP contribution in [0.15, 0.2) is 48.5 Å². The van der Waals surface area contributed by atoms with E-state index in [0.717, 1.165) is 31.5 Å². The molecule has 1 aliphatic rings. The number of nitro benzene ring substituents is 1. The maximum Gasteiger partial charge on any atom is 0.274 e. The number of benzene rings is 2. The Morgan fingerprint density at radius 1 is 1.22 bits per heavy atom. The second-order valence-electron chi connectivity index (χ2n) is 6.93. The average molecular weight is 369 g/mol. The Morgan fingerprint density at radius 2 is 1.89 bits per heavy atom. The van der Waals surface area contributed by atoms with Crippen molar-refractivity contribution in [1.29, 1.82) is 0 Å². The zero-order chi connectivity index (χ0) is 19.4. The molecule has 0 aromatic heterocycles. The third-order valence-corrected chi connectivity index (χ3v) is 5.18. The lowest BCUT2D eigenvalue weighted by Gasteiger charge is -2.34. The Balaban J connectivity index is 1.64. The molecule has 0 radical (unpaired) electrons. The Bertz CT molecular complexity index is 817. The van der Waals surface area contributed by atoms with E-state index in [4.69, 9.17) is 5.73 Å². The third kappa shape index (κ3) is 4.50. The van der Waals surface area contributed by atoms with Gasteiger partial charge in [0.1, 0.15) is 0 Å². The van der Waals surface area contributed by atoms with Gasteiger partial charge in [-0.25, -0.2) is 0 Å². The number of likely N-dealkylation sites (tertiary alicyclic amines) is 1. The maximum atomic E-state index is 11.3. The molecule has 1 fully saturated rings. The first-order chi connectivity index (χ1) is 13.0. The Morgan fingerprint density at radius 3 is 2.48 bits per heavy atom. The first-order valence-corrected chi connectivity index (χ1v) is 8.98. The number of piperidine rings is 1. The van der Waals surface area contributed by atoms with Gasteiger partial charge in [-0.15, -0.1) is 0 Å². The molecule has 0 spiro atoms. The van der Waals surface area contributed by atoms with E-state index in [1.54, 1.807) is 6.07 Å². The highest BCUT2D eigenvalue weighted by molar-refractivity contribution is 5.93. The van der Waals surface area contributed by atoms with Crippen molar-refractivity contribution in [3.05, 3.63) is 75.3 Å². The third-order valence-electron chi connectivity index (χ3n) is 5.18. The summed E-state index contributed by atoms with van der Waals surface area (Å²) in [5, 5.41) is 21.9. The summed E-state index contributed by atoms with van der Waals surface area (Å²) in [7, 11) is 0. The van der Waals surface area contributed by atoms with Gasteiger partial charge >= 0.3 is 0 Å². The van der Waals surface area contributed by atoms with Gasteiger partial charge in [-0.3, -0.25) is 19.8 Å². The smallest absolute Gasteiger partial charge is 0.274 e. The Hall–Kier alpha value is -2.77. The highest BCUT2D eigenvalue weighted by Crippen LogP contribution is 2.32. The summed E-state index contributed by atoms with van der Waals surface area (Å²) in [4.78, 5) is 24.3. The van der Waals surface area contributed by atoms with Crippen molar-refractivity contribution in [2.45, 2.75) is 25.5 Å². The number of nitrogens with two attached hydrogens (primary N) is 1. The zero-order valence-electron chi connectivity index (χ0n) is 15.0. The van der Waals surface area contributed by atoms with Gasteiger partial charge in [0.15, 0.2) is 0 Å². The summed E-state index contributed by atoms with van der Waals surface area (Å²) in [6, 6.07) is 14.0. The van der Waals surface area contributed by atoms with Gasteiger partial charge in [-0.2, -0.15) is 0 Å². The van der Waals surface area contributed by atoms with Crippen LogP contribution >= 0.6 is 0 Å². The van der Waals surface area contributed by atoms with E-state index in [1.165, 1.54) is 12.1 Å². The number of primary amides is 1. The van der Waals surface area contributed by atoms with Crippen LogP contribution in [-0.2, 0) is 6.54 Å². The van der Waals surface area contributed by atoms with E-state index in [0.29, 0.717) is 12.1 Å². The van der Waals surface area contributed by atoms with Crippen LogP contribution in [0.5, 0.6) is 0 Å². The number of amides is 1. The fourth-order valence-corrected chi connectivity index (χ4v) is 3.61. The lowest BCUT2D eigenvalue weighted by Crippen LogP contribution is -2.35. The molecule has 1 heterocycles. The van der Waals surface area contributed by atoms with E-state index in [-0.39, 0.29) is 17.2 Å². The predicted octanol–water partition coefficient (Wildman–Crippen LogP) is 2.64. The molecule has 1 amide bonds. The molecule has 2 aromatic rings. The van der Waals surface area contributed by atoms with Crippen molar-refractivity contribution in [3.8, 4) is 0 Å². The van der Waals surface area contributed by atoms with Crippen molar-refractivity contribution in [2.75, 3.05) is 13.1 Å². The zero-order valence-corrected chi connectivity index (χ0v) is 15.0. The van der Waals surface area contributed by atoms with Gasteiger partial charge in [0.05, 0.1) is 11.0 Å². The molecule has 2 aromatic carbocycles. The lowest BCUT2D eigenvalue weighted by molar-refractivity contribution is -0.385. The van der Waals surface area contributed by atoms with Gasteiger partial charge in [-0.1, -0.05) is 36.4 Å². The number of carbonyl (C=O) groups is 1. The maximum absolute atomic E-state index is 11.3. The van der Waals surface area contributed by atoms with Crippen molar-refractivity contribution in [3.63, 3.8) is 0 Å². The van der Waals surface area contributed by atoms with Crippen LogP contribution in [-0.4, -0.2) is 33.9 Å². The number of aliphatic hydroxyl groups excluding tert-OH is 1. The molecule has 27 heavy (non-hydrogen) atoms. The van der Waals surface area contributed by atoms with E-state index in [9.17, 15) is 20.0 Å². The van der Waals surface area contributed by atoms with E-state index in [1.807, 2.05) is 30.3 Å². The SMILES string of the molecule is NC(=O)c1ccc(CN2CCC(C(O)c3ccccc3)CC2)c([N+](=O)[O-])c1. The van der Waals surface area contributed by atoms with Crippen molar-refractivity contribution >= 4 is 11.6 Å². The summed E-state index contributed by atoms with van der Waals surface area (Å²) < 4.78 is 0. The topological polar surface area (TPSA) is 110 Å². The summed E-state index contributed by atoms with van der Waals surface area (Å²) in [6.45, 7) is 1.94. The summed E-state index contributed by atoms with van der Waals surface area (Å²) in [5.74, 6) is -0.503. The Labute approximate surface area is 157 Å². The van der Waals surface area contributed by atoms with Gasteiger partial charge in [0.25, 0.3) is 5.69 Å². The van der Waals surface area contributed by atoms with Crippen LogP contribution in [0, 0.1) is 16.0 Å². The molecule has 1 aliphatic heterocycles. The van der Waals surface area contributed by atoms with Gasteiger partial charge in [0.2, 0.25) is 5.91 Å². The van der Waals surface area contributed by atoms with Gasteiger partial charge in [-0.05, 0) is 43.5 Å². The van der Waals surface area contributed by atoms with Crippen LogP contribution in [0.3, 0.4) is 0 Å². The van der Waals surface area contributed by atoms with E-state index in [2.05, 4.69) is 4.90 Å². The number of hydrogen-bond donors (Lipinski definition) is 2. The molecular formula is C20H23N3O4. The highest BCUT2D eigenvalue weighted by atomic mass is 16.6. The minimum atomic E-state index is -0.680.